The third-order valence-corrected chi connectivity index (χ3v) is 3.80. The number of carbonyl (C=O) groups is 2. The summed E-state index contributed by atoms with van der Waals surface area (Å²) in [5, 5.41) is 15.9. The van der Waals surface area contributed by atoms with Crippen LogP contribution >= 0.6 is 0 Å². The molecule has 110 valence electrons. The first-order valence-electron chi connectivity index (χ1n) is 6.71. The number of hydrogen-bond donors (Lipinski definition) is 2. The average Bonchev–Trinajstić information content (AvgIpc) is 2.96. The minimum absolute atomic E-state index is 0.00433. The molecule has 0 saturated carbocycles. The quantitative estimate of drug-likeness (QED) is 0.831. The molecule has 1 fully saturated rings. The van der Waals surface area contributed by atoms with Crippen LogP contribution in [0.3, 0.4) is 0 Å². The van der Waals surface area contributed by atoms with Gasteiger partial charge < -0.3 is 15.3 Å². The second-order valence-corrected chi connectivity index (χ2v) is 5.26. The molecular weight excluding hydrogens is 260 g/mol. The van der Waals surface area contributed by atoms with Gasteiger partial charge in [-0.2, -0.15) is 5.10 Å². The van der Waals surface area contributed by atoms with Crippen LogP contribution in [0, 0.1) is 11.8 Å². The van der Waals surface area contributed by atoms with Gasteiger partial charge >= 0.3 is 12.0 Å². The van der Waals surface area contributed by atoms with E-state index in [4.69, 9.17) is 5.11 Å². The van der Waals surface area contributed by atoms with Gasteiger partial charge in [-0.1, -0.05) is 6.92 Å². The fourth-order valence-corrected chi connectivity index (χ4v) is 2.51. The third kappa shape index (κ3) is 3.09. The van der Waals surface area contributed by atoms with Gasteiger partial charge in [-0.25, -0.2) is 4.79 Å². The molecular formula is C13H20N4O3. The predicted octanol–water partition coefficient (Wildman–Crippen LogP) is 0.325. The van der Waals surface area contributed by atoms with E-state index < -0.39 is 11.9 Å². The van der Waals surface area contributed by atoms with Crippen molar-refractivity contribution >= 4 is 12.0 Å². The molecule has 7 nitrogen and oxygen atoms in total. The summed E-state index contributed by atoms with van der Waals surface area (Å²) in [5.74, 6) is -1.30. The second-order valence-electron chi connectivity index (χ2n) is 5.26. The smallest absolute Gasteiger partial charge is 0.317 e. The Morgan fingerprint density at radius 2 is 2.25 bits per heavy atom. The summed E-state index contributed by atoms with van der Waals surface area (Å²) in [4.78, 5) is 24.6. The molecule has 20 heavy (non-hydrogen) atoms. The van der Waals surface area contributed by atoms with Crippen LogP contribution in [0.25, 0.3) is 0 Å². The second kappa shape index (κ2) is 5.94. The van der Waals surface area contributed by atoms with Crippen LogP contribution in [0.5, 0.6) is 0 Å². The van der Waals surface area contributed by atoms with E-state index in [0.717, 1.165) is 5.69 Å². The Labute approximate surface area is 117 Å². The summed E-state index contributed by atoms with van der Waals surface area (Å²) in [6, 6.07) is 1.72. The Kier molecular flexibility index (Phi) is 4.26. The molecule has 7 heteroatoms. The number of aryl methyl sites for hydroxylation is 1. The first-order chi connectivity index (χ1) is 9.49. The van der Waals surface area contributed by atoms with Crippen molar-refractivity contribution in [2.24, 2.45) is 18.9 Å². The third-order valence-electron chi connectivity index (χ3n) is 3.80. The van der Waals surface area contributed by atoms with Crippen molar-refractivity contribution in [2.45, 2.75) is 13.3 Å². The molecule has 1 aliphatic rings. The molecule has 0 radical (unpaired) electrons. The number of carbonyl (C=O) groups excluding carboxylic acids is 1. The Morgan fingerprint density at radius 3 is 2.80 bits per heavy atom. The largest absolute Gasteiger partial charge is 0.481 e. The molecule has 1 aliphatic heterocycles. The van der Waals surface area contributed by atoms with Gasteiger partial charge in [0.15, 0.2) is 0 Å². The van der Waals surface area contributed by atoms with E-state index in [-0.39, 0.29) is 18.5 Å². The SMILES string of the molecule is CC1CN(C(=O)NCCc2ccnn2C)CC1C(=O)O. The first kappa shape index (κ1) is 14.4. The molecule has 0 aromatic carbocycles. The average molecular weight is 280 g/mol. The van der Waals surface area contributed by atoms with E-state index in [1.807, 2.05) is 20.0 Å². The number of hydrogen-bond acceptors (Lipinski definition) is 3. The zero-order chi connectivity index (χ0) is 14.7. The fourth-order valence-electron chi connectivity index (χ4n) is 2.51. The van der Waals surface area contributed by atoms with E-state index in [9.17, 15) is 9.59 Å². The zero-order valence-electron chi connectivity index (χ0n) is 11.7. The molecule has 1 aromatic rings. The van der Waals surface area contributed by atoms with Crippen molar-refractivity contribution in [3.05, 3.63) is 18.0 Å². The van der Waals surface area contributed by atoms with Gasteiger partial charge in [-0.15, -0.1) is 0 Å². The van der Waals surface area contributed by atoms with Crippen LogP contribution in [-0.4, -0.2) is 51.4 Å². The van der Waals surface area contributed by atoms with Crippen LogP contribution in [0.15, 0.2) is 12.3 Å². The predicted molar refractivity (Wildman–Crippen MR) is 72.2 cm³/mol. The van der Waals surface area contributed by atoms with Gasteiger partial charge in [0.25, 0.3) is 0 Å². The lowest BCUT2D eigenvalue weighted by atomic mass is 9.99. The number of nitrogens with zero attached hydrogens (tertiary/aromatic N) is 3. The molecule has 0 aliphatic carbocycles. The highest BCUT2D eigenvalue weighted by molar-refractivity contribution is 5.77. The van der Waals surface area contributed by atoms with Crippen LogP contribution in [0.2, 0.25) is 0 Å². The van der Waals surface area contributed by atoms with E-state index in [1.54, 1.807) is 15.8 Å². The number of carboxylic acid groups (broad SMARTS) is 1. The monoisotopic (exact) mass is 280 g/mol. The molecule has 0 bridgehead atoms. The van der Waals surface area contributed by atoms with Gasteiger partial charge in [0, 0.05) is 45.0 Å². The Hall–Kier alpha value is -2.05. The highest BCUT2D eigenvalue weighted by Gasteiger charge is 2.36. The van der Waals surface area contributed by atoms with Crippen molar-refractivity contribution in [1.82, 2.24) is 20.0 Å². The number of rotatable bonds is 4. The summed E-state index contributed by atoms with van der Waals surface area (Å²) in [5.41, 5.74) is 1.04. The van der Waals surface area contributed by atoms with Gasteiger partial charge in [-0.05, 0) is 12.0 Å². The molecule has 1 aromatic heterocycles. The summed E-state index contributed by atoms with van der Waals surface area (Å²) < 4.78 is 1.77. The first-order valence-corrected chi connectivity index (χ1v) is 6.71. The topological polar surface area (TPSA) is 87.5 Å². The molecule has 1 saturated heterocycles. The summed E-state index contributed by atoms with van der Waals surface area (Å²) in [7, 11) is 1.86. The van der Waals surface area contributed by atoms with Crippen molar-refractivity contribution in [3.8, 4) is 0 Å². The van der Waals surface area contributed by atoms with Crippen molar-refractivity contribution in [3.63, 3.8) is 0 Å². The number of urea groups is 1. The fraction of sp³-hybridized carbons (Fsp3) is 0.615. The minimum atomic E-state index is -0.831. The number of amides is 2. The summed E-state index contributed by atoms with van der Waals surface area (Å²) in [6.07, 6.45) is 2.42. The van der Waals surface area contributed by atoms with Crippen molar-refractivity contribution in [1.29, 1.82) is 0 Å². The molecule has 0 spiro atoms. The van der Waals surface area contributed by atoms with Gasteiger partial charge in [-0.3, -0.25) is 9.48 Å². The number of aromatic nitrogens is 2. The molecule has 2 amide bonds. The van der Waals surface area contributed by atoms with E-state index in [2.05, 4.69) is 10.4 Å². The molecule has 2 unspecified atom stereocenters. The molecule has 2 N–H and O–H groups in total. The number of nitrogens with one attached hydrogen (secondary N) is 1. The lowest BCUT2D eigenvalue weighted by Crippen LogP contribution is -2.40. The number of carboxylic acids is 1. The maximum absolute atomic E-state index is 12.0. The van der Waals surface area contributed by atoms with Crippen molar-refractivity contribution in [2.75, 3.05) is 19.6 Å². The Morgan fingerprint density at radius 1 is 1.50 bits per heavy atom. The van der Waals surface area contributed by atoms with Crippen LogP contribution in [-0.2, 0) is 18.3 Å². The highest BCUT2D eigenvalue weighted by Crippen LogP contribution is 2.22. The minimum Gasteiger partial charge on any atom is -0.481 e. The molecule has 2 atom stereocenters. The van der Waals surface area contributed by atoms with Crippen molar-refractivity contribution < 1.29 is 14.7 Å². The number of aliphatic carboxylic acids is 1. The lowest BCUT2D eigenvalue weighted by molar-refractivity contribution is -0.142. The normalized spacial score (nSPS) is 22.0. The highest BCUT2D eigenvalue weighted by atomic mass is 16.4. The summed E-state index contributed by atoms with van der Waals surface area (Å²) >= 11 is 0. The lowest BCUT2D eigenvalue weighted by Gasteiger charge is -2.16. The zero-order valence-corrected chi connectivity index (χ0v) is 11.7. The van der Waals surface area contributed by atoms with Gasteiger partial charge in [0.05, 0.1) is 5.92 Å². The van der Waals surface area contributed by atoms with Gasteiger partial charge in [0.2, 0.25) is 0 Å². The van der Waals surface area contributed by atoms with Gasteiger partial charge in [0.1, 0.15) is 0 Å². The Balaban J connectivity index is 1.78. The molecule has 2 rings (SSSR count). The maximum Gasteiger partial charge on any atom is 0.317 e. The standard InChI is InChI=1S/C13H20N4O3/c1-9-7-17(8-11(9)12(18)19)13(20)14-5-3-10-4-6-15-16(10)2/h4,6,9,11H,3,5,7-8H2,1-2H3,(H,14,20)(H,18,19). The van der Waals surface area contributed by atoms with E-state index in [0.29, 0.717) is 19.5 Å². The van der Waals surface area contributed by atoms with E-state index >= 15 is 0 Å². The number of likely N-dealkylation sites (tertiary alicyclic amines) is 1. The van der Waals surface area contributed by atoms with E-state index in [1.165, 1.54) is 0 Å². The summed E-state index contributed by atoms with van der Waals surface area (Å²) in [6.45, 7) is 3.16. The maximum atomic E-state index is 12.0. The Bertz CT molecular complexity index is 500. The molecule has 2 heterocycles. The van der Waals surface area contributed by atoms with Crippen LogP contribution in [0.1, 0.15) is 12.6 Å². The van der Waals surface area contributed by atoms with Crippen LogP contribution in [0.4, 0.5) is 4.79 Å². The van der Waals surface area contributed by atoms with Crippen LogP contribution < -0.4 is 5.32 Å².